The Kier molecular flexibility index (Phi) is 10.3. The van der Waals surface area contributed by atoms with Crippen LogP contribution in [0.25, 0.3) is 0 Å². The minimum Gasteiger partial charge on any atom is -0.207 e. The molecule has 114 valence electrons. The third-order valence-electron chi connectivity index (χ3n) is 3.96. The molecule has 0 aliphatic rings. The molecule has 0 atom stereocenters. The Morgan fingerprint density at radius 1 is 0.750 bits per heavy atom. The highest BCUT2D eigenvalue weighted by Crippen LogP contribution is 2.13. The van der Waals surface area contributed by atoms with Crippen molar-refractivity contribution in [2.75, 3.05) is 0 Å². The lowest BCUT2D eigenvalue weighted by molar-refractivity contribution is 0.549. The van der Waals surface area contributed by atoms with Crippen molar-refractivity contribution in [1.82, 2.24) is 0 Å². The van der Waals surface area contributed by atoms with Gasteiger partial charge in [0.1, 0.15) is 5.82 Å². The summed E-state index contributed by atoms with van der Waals surface area (Å²) < 4.78 is 13.0. The molecule has 1 aromatic rings. The van der Waals surface area contributed by atoms with E-state index in [1.165, 1.54) is 76.7 Å². The van der Waals surface area contributed by atoms with E-state index in [1.807, 2.05) is 12.1 Å². The molecule has 0 saturated heterocycles. The summed E-state index contributed by atoms with van der Waals surface area (Å²) in [5.41, 5.74) is 1.14. The third kappa shape index (κ3) is 9.12. The van der Waals surface area contributed by atoms with Crippen LogP contribution in [-0.4, -0.2) is 0 Å². The molecule has 0 fully saturated rings. The topological polar surface area (TPSA) is 0 Å². The van der Waals surface area contributed by atoms with Gasteiger partial charge in [0.05, 0.1) is 0 Å². The van der Waals surface area contributed by atoms with Gasteiger partial charge in [-0.15, -0.1) is 0 Å². The lowest BCUT2D eigenvalue weighted by Gasteiger charge is -2.03. The smallest absolute Gasteiger partial charge is 0.123 e. The monoisotopic (exact) mass is 278 g/mol. The van der Waals surface area contributed by atoms with E-state index in [-0.39, 0.29) is 5.82 Å². The lowest BCUT2D eigenvalue weighted by Crippen LogP contribution is -1.87. The Morgan fingerprint density at radius 3 is 1.85 bits per heavy atom. The normalized spacial score (nSPS) is 10.9. The van der Waals surface area contributed by atoms with Gasteiger partial charge in [-0.05, 0) is 30.5 Å². The number of aryl methyl sites for hydroxylation is 1. The molecule has 0 aliphatic carbocycles. The van der Waals surface area contributed by atoms with Crippen LogP contribution >= 0.6 is 0 Å². The Bertz CT molecular complexity index is 332. The van der Waals surface area contributed by atoms with Gasteiger partial charge in [-0.25, -0.2) is 4.39 Å². The van der Waals surface area contributed by atoms with Crippen molar-refractivity contribution >= 4 is 0 Å². The van der Waals surface area contributed by atoms with Gasteiger partial charge in [0.25, 0.3) is 0 Å². The molecule has 0 spiro atoms. The molecule has 1 heteroatoms. The maximum Gasteiger partial charge on any atom is 0.123 e. The first kappa shape index (κ1) is 17.2. The number of hydrogen-bond donors (Lipinski definition) is 0. The maximum atomic E-state index is 13.0. The van der Waals surface area contributed by atoms with Crippen LogP contribution in [0, 0.1) is 5.82 Å². The minimum absolute atomic E-state index is 0.106. The standard InChI is InChI=1S/C19H31F/c1-2-3-4-5-6-7-8-9-10-11-12-14-18-15-13-16-19(20)17-18/h13,15-17H,2-12,14H2,1H3. The molecule has 1 rings (SSSR count). The first-order valence-corrected chi connectivity index (χ1v) is 8.57. The van der Waals surface area contributed by atoms with E-state index in [1.54, 1.807) is 6.07 Å². The Hall–Kier alpha value is -0.850. The molecule has 0 aliphatic heterocycles. The lowest BCUT2D eigenvalue weighted by atomic mass is 10.0. The predicted octanol–water partition coefficient (Wildman–Crippen LogP) is 6.68. The number of hydrogen-bond acceptors (Lipinski definition) is 0. The zero-order chi connectivity index (χ0) is 14.5. The van der Waals surface area contributed by atoms with Crippen LogP contribution in [0.4, 0.5) is 4.39 Å². The summed E-state index contributed by atoms with van der Waals surface area (Å²) in [6.45, 7) is 2.27. The molecule has 0 unspecified atom stereocenters. The molecule has 0 bridgehead atoms. The first-order chi connectivity index (χ1) is 9.83. The largest absolute Gasteiger partial charge is 0.207 e. The Labute approximate surface area is 124 Å². The van der Waals surface area contributed by atoms with Crippen molar-refractivity contribution in [3.63, 3.8) is 0 Å². The fourth-order valence-corrected chi connectivity index (χ4v) is 2.69. The second-order valence-corrected chi connectivity index (χ2v) is 5.92. The maximum absolute atomic E-state index is 13.0. The van der Waals surface area contributed by atoms with Crippen LogP contribution in [-0.2, 0) is 6.42 Å². The molecule has 0 heterocycles. The van der Waals surface area contributed by atoms with Crippen molar-refractivity contribution in [2.24, 2.45) is 0 Å². The van der Waals surface area contributed by atoms with E-state index in [2.05, 4.69) is 6.92 Å². The fraction of sp³-hybridized carbons (Fsp3) is 0.684. The molecule has 0 nitrogen and oxygen atoms in total. The average Bonchev–Trinajstić information content (AvgIpc) is 2.45. The van der Waals surface area contributed by atoms with Crippen LogP contribution in [0.1, 0.15) is 83.1 Å². The van der Waals surface area contributed by atoms with Crippen LogP contribution in [0.15, 0.2) is 24.3 Å². The van der Waals surface area contributed by atoms with Crippen molar-refractivity contribution in [2.45, 2.75) is 84.0 Å². The zero-order valence-electron chi connectivity index (χ0n) is 13.2. The number of rotatable bonds is 12. The van der Waals surface area contributed by atoms with Gasteiger partial charge >= 0.3 is 0 Å². The number of benzene rings is 1. The van der Waals surface area contributed by atoms with Gasteiger partial charge in [0, 0.05) is 0 Å². The van der Waals surface area contributed by atoms with E-state index in [9.17, 15) is 4.39 Å². The van der Waals surface area contributed by atoms with Gasteiger partial charge in [0.2, 0.25) is 0 Å². The SMILES string of the molecule is CCCCCCCCCCCCCc1cccc(F)c1. The van der Waals surface area contributed by atoms with Crippen molar-refractivity contribution in [3.8, 4) is 0 Å². The van der Waals surface area contributed by atoms with E-state index in [0.29, 0.717) is 0 Å². The summed E-state index contributed by atoms with van der Waals surface area (Å²) in [6, 6.07) is 7.02. The summed E-state index contributed by atoms with van der Waals surface area (Å²) in [4.78, 5) is 0. The van der Waals surface area contributed by atoms with Crippen LogP contribution in [0.3, 0.4) is 0 Å². The van der Waals surface area contributed by atoms with Crippen molar-refractivity contribution in [3.05, 3.63) is 35.6 Å². The van der Waals surface area contributed by atoms with Gasteiger partial charge in [-0.1, -0.05) is 83.3 Å². The molecular formula is C19H31F. The first-order valence-electron chi connectivity index (χ1n) is 8.57. The summed E-state index contributed by atoms with van der Waals surface area (Å²) in [5.74, 6) is -0.106. The molecule has 20 heavy (non-hydrogen) atoms. The molecule has 1 aromatic carbocycles. The van der Waals surface area contributed by atoms with E-state index in [0.717, 1.165) is 12.0 Å². The molecular weight excluding hydrogens is 247 g/mol. The summed E-state index contributed by atoms with van der Waals surface area (Å²) in [6.07, 6.45) is 16.0. The van der Waals surface area contributed by atoms with Gasteiger partial charge in [-0.2, -0.15) is 0 Å². The Balaban J connectivity index is 1.85. The van der Waals surface area contributed by atoms with E-state index >= 15 is 0 Å². The summed E-state index contributed by atoms with van der Waals surface area (Å²) >= 11 is 0. The molecule has 0 aromatic heterocycles. The highest BCUT2D eigenvalue weighted by atomic mass is 19.1. The van der Waals surface area contributed by atoms with Crippen LogP contribution in [0.5, 0.6) is 0 Å². The summed E-state index contributed by atoms with van der Waals surface area (Å²) in [5, 5.41) is 0. The number of halogens is 1. The van der Waals surface area contributed by atoms with Crippen molar-refractivity contribution in [1.29, 1.82) is 0 Å². The molecule has 0 saturated carbocycles. The molecule has 0 amide bonds. The zero-order valence-corrected chi connectivity index (χ0v) is 13.2. The van der Waals surface area contributed by atoms with Gasteiger partial charge in [0.15, 0.2) is 0 Å². The second kappa shape index (κ2) is 11.9. The highest BCUT2D eigenvalue weighted by molar-refractivity contribution is 5.16. The van der Waals surface area contributed by atoms with Gasteiger partial charge in [-0.3, -0.25) is 0 Å². The van der Waals surface area contributed by atoms with Gasteiger partial charge < -0.3 is 0 Å². The molecule has 0 N–H and O–H groups in total. The highest BCUT2D eigenvalue weighted by Gasteiger charge is 1.96. The van der Waals surface area contributed by atoms with E-state index < -0.39 is 0 Å². The number of unbranched alkanes of at least 4 members (excludes halogenated alkanes) is 10. The van der Waals surface area contributed by atoms with Crippen LogP contribution < -0.4 is 0 Å². The average molecular weight is 278 g/mol. The predicted molar refractivity (Wildman–Crippen MR) is 86.6 cm³/mol. The van der Waals surface area contributed by atoms with Crippen LogP contribution in [0.2, 0.25) is 0 Å². The third-order valence-corrected chi connectivity index (χ3v) is 3.96. The fourth-order valence-electron chi connectivity index (χ4n) is 2.69. The summed E-state index contributed by atoms with van der Waals surface area (Å²) in [7, 11) is 0. The minimum atomic E-state index is -0.106. The quantitative estimate of drug-likeness (QED) is 0.374. The van der Waals surface area contributed by atoms with E-state index in [4.69, 9.17) is 0 Å². The molecule has 0 radical (unpaired) electrons. The Morgan fingerprint density at radius 2 is 1.30 bits per heavy atom. The van der Waals surface area contributed by atoms with Crippen molar-refractivity contribution < 1.29 is 4.39 Å². The second-order valence-electron chi connectivity index (χ2n) is 5.92.